The van der Waals surface area contributed by atoms with Crippen molar-refractivity contribution >= 4 is 55.9 Å². The number of hydrogen-bond donors (Lipinski definition) is 0. The molecule has 1 aliphatic heterocycles. The zero-order valence-electron chi connectivity index (χ0n) is 21.1. The van der Waals surface area contributed by atoms with Gasteiger partial charge in [-0.1, -0.05) is 72.8 Å². The van der Waals surface area contributed by atoms with E-state index in [1.165, 1.54) is 43.4 Å². The second-order valence-electron chi connectivity index (χ2n) is 10.9. The van der Waals surface area contributed by atoms with Crippen LogP contribution in [0.4, 0.5) is 0 Å². The molecule has 1 aromatic heterocycles. The molecule has 1 fully saturated rings. The second kappa shape index (κ2) is 7.46. The van der Waals surface area contributed by atoms with Crippen molar-refractivity contribution in [2.75, 3.05) is 0 Å². The van der Waals surface area contributed by atoms with Crippen LogP contribution >= 0.6 is 0 Å². The Morgan fingerprint density at radius 2 is 1.11 bits per heavy atom. The topological polar surface area (TPSA) is 23.4 Å². The van der Waals surface area contributed by atoms with Crippen molar-refractivity contribution in [3.8, 4) is 5.69 Å². The zero-order valence-corrected chi connectivity index (χ0v) is 21.1. The molecular formula is C32H28BNO2. The van der Waals surface area contributed by atoms with E-state index in [1.54, 1.807) is 0 Å². The highest BCUT2D eigenvalue weighted by atomic mass is 16.7. The van der Waals surface area contributed by atoms with Gasteiger partial charge in [0.1, 0.15) is 0 Å². The predicted molar refractivity (Wildman–Crippen MR) is 152 cm³/mol. The van der Waals surface area contributed by atoms with Gasteiger partial charge in [-0.15, -0.1) is 0 Å². The SMILES string of the molecule is CC1(C)OB(c2cccc(-n3c4ccc5ccccc5c4c4c5ccccc5ccc43)c2)OC1(C)C. The smallest absolute Gasteiger partial charge is 0.399 e. The van der Waals surface area contributed by atoms with E-state index in [0.29, 0.717) is 0 Å². The fourth-order valence-corrected chi connectivity index (χ4v) is 5.62. The maximum Gasteiger partial charge on any atom is 0.494 e. The third kappa shape index (κ3) is 3.01. The molecule has 0 atom stereocenters. The summed E-state index contributed by atoms with van der Waals surface area (Å²) in [4.78, 5) is 0. The van der Waals surface area contributed by atoms with Gasteiger partial charge in [-0.2, -0.15) is 0 Å². The molecule has 4 heteroatoms. The third-order valence-corrected chi connectivity index (χ3v) is 8.20. The van der Waals surface area contributed by atoms with Crippen LogP contribution in [0.5, 0.6) is 0 Å². The fourth-order valence-electron chi connectivity index (χ4n) is 5.62. The molecule has 5 aromatic carbocycles. The molecule has 0 spiro atoms. The van der Waals surface area contributed by atoms with E-state index in [1.807, 2.05) is 0 Å². The van der Waals surface area contributed by atoms with Crippen LogP contribution in [0.25, 0.3) is 49.0 Å². The van der Waals surface area contributed by atoms with Crippen molar-refractivity contribution in [1.82, 2.24) is 4.57 Å². The van der Waals surface area contributed by atoms with Gasteiger partial charge < -0.3 is 13.9 Å². The Kier molecular flexibility index (Phi) is 4.49. The maximum absolute atomic E-state index is 6.38. The Morgan fingerprint density at radius 1 is 0.583 bits per heavy atom. The number of aromatic nitrogens is 1. The summed E-state index contributed by atoms with van der Waals surface area (Å²) in [5.74, 6) is 0. The molecule has 0 N–H and O–H groups in total. The molecule has 0 unspecified atom stereocenters. The standard InChI is InChI=1S/C32H28BNO2/c1-31(2)32(3,4)36-33(35-31)23-12-9-13-24(20-23)34-27-18-16-21-10-5-7-14-25(21)29(27)30-26-15-8-6-11-22(26)17-19-28(30)34/h5-20H,1-4H3. The molecule has 7 rings (SSSR count). The minimum absolute atomic E-state index is 0.377. The molecule has 0 amide bonds. The van der Waals surface area contributed by atoms with Crippen LogP contribution in [-0.4, -0.2) is 22.9 Å². The monoisotopic (exact) mass is 469 g/mol. The third-order valence-electron chi connectivity index (χ3n) is 8.20. The van der Waals surface area contributed by atoms with Gasteiger partial charge in [0.2, 0.25) is 0 Å². The number of rotatable bonds is 2. The summed E-state index contributed by atoms with van der Waals surface area (Å²) >= 11 is 0. The van der Waals surface area contributed by atoms with Crippen LogP contribution in [0, 0.1) is 0 Å². The zero-order chi connectivity index (χ0) is 24.7. The Morgan fingerprint density at radius 3 is 1.67 bits per heavy atom. The molecule has 0 radical (unpaired) electrons. The highest BCUT2D eigenvalue weighted by Crippen LogP contribution is 2.41. The molecule has 36 heavy (non-hydrogen) atoms. The molecule has 0 aliphatic carbocycles. The van der Waals surface area contributed by atoms with E-state index in [9.17, 15) is 0 Å². The van der Waals surface area contributed by atoms with E-state index in [4.69, 9.17) is 9.31 Å². The lowest BCUT2D eigenvalue weighted by molar-refractivity contribution is 0.00578. The summed E-state index contributed by atoms with van der Waals surface area (Å²) < 4.78 is 15.1. The van der Waals surface area contributed by atoms with Gasteiger partial charge in [0.25, 0.3) is 0 Å². The van der Waals surface area contributed by atoms with Crippen molar-refractivity contribution < 1.29 is 9.31 Å². The van der Waals surface area contributed by atoms with E-state index < -0.39 is 7.12 Å². The highest BCUT2D eigenvalue weighted by Gasteiger charge is 2.51. The molecule has 0 bridgehead atoms. The quantitative estimate of drug-likeness (QED) is 0.247. The first kappa shape index (κ1) is 21.7. The van der Waals surface area contributed by atoms with Gasteiger partial charge in [-0.25, -0.2) is 0 Å². The first-order valence-corrected chi connectivity index (χ1v) is 12.6. The average Bonchev–Trinajstić information content (AvgIpc) is 3.34. The van der Waals surface area contributed by atoms with Gasteiger partial charge in [0, 0.05) is 16.5 Å². The van der Waals surface area contributed by atoms with E-state index >= 15 is 0 Å². The Hall–Kier alpha value is -3.60. The largest absolute Gasteiger partial charge is 0.494 e. The lowest BCUT2D eigenvalue weighted by Gasteiger charge is -2.32. The Balaban J connectivity index is 1.53. The minimum atomic E-state index is -0.398. The second-order valence-corrected chi connectivity index (χ2v) is 10.9. The van der Waals surface area contributed by atoms with E-state index in [-0.39, 0.29) is 11.2 Å². The lowest BCUT2D eigenvalue weighted by atomic mass is 9.79. The van der Waals surface area contributed by atoms with Crippen LogP contribution in [-0.2, 0) is 9.31 Å². The molecular weight excluding hydrogens is 441 g/mol. The van der Waals surface area contributed by atoms with Gasteiger partial charge in [-0.3, -0.25) is 0 Å². The Bertz CT molecular complexity index is 1710. The van der Waals surface area contributed by atoms with E-state index in [0.717, 1.165) is 11.2 Å². The summed E-state index contributed by atoms with van der Waals surface area (Å²) in [5, 5.41) is 7.64. The molecule has 176 valence electrons. The van der Waals surface area contributed by atoms with Gasteiger partial charge in [0.05, 0.1) is 22.2 Å². The molecule has 2 heterocycles. The van der Waals surface area contributed by atoms with Crippen molar-refractivity contribution in [3.05, 3.63) is 97.1 Å². The Labute approximate surface area is 211 Å². The van der Waals surface area contributed by atoms with Crippen LogP contribution in [0.3, 0.4) is 0 Å². The number of benzene rings is 5. The van der Waals surface area contributed by atoms with Crippen molar-refractivity contribution in [3.63, 3.8) is 0 Å². The number of fused-ring (bicyclic) bond motifs is 7. The fraction of sp³-hybridized carbons (Fsp3) is 0.188. The van der Waals surface area contributed by atoms with Crippen molar-refractivity contribution in [2.24, 2.45) is 0 Å². The first-order chi connectivity index (χ1) is 17.3. The molecule has 3 nitrogen and oxygen atoms in total. The predicted octanol–water partition coefficient (Wildman–Crippen LogP) is 7.39. The summed E-state index contributed by atoms with van der Waals surface area (Å²) in [5.41, 5.74) is 3.78. The van der Waals surface area contributed by atoms with Crippen LogP contribution in [0.1, 0.15) is 27.7 Å². The van der Waals surface area contributed by atoms with Crippen LogP contribution in [0.2, 0.25) is 0 Å². The van der Waals surface area contributed by atoms with Crippen LogP contribution < -0.4 is 5.46 Å². The summed E-state index contributed by atoms with van der Waals surface area (Å²) in [7, 11) is -0.398. The molecule has 1 aliphatic rings. The number of hydrogen-bond acceptors (Lipinski definition) is 2. The minimum Gasteiger partial charge on any atom is -0.399 e. The lowest BCUT2D eigenvalue weighted by Crippen LogP contribution is -2.41. The van der Waals surface area contributed by atoms with Crippen LogP contribution in [0.15, 0.2) is 97.1 Å². The summed E-state index contributed by atoms with van der Waals surface area (Å²) in [6.07, 6.45) is 0. The normalized spacial score (nSPS) is 17.1. The summed E-state index contributed by atoms with van der Waals surface area (Å²) in [6, 6.07) is 34.9. The van der Waals surface area contributed by atoms with Crippen molar-refractivity contribution in [2.45, 2.75) is 38.9 Å². The molecule has 6 aromatic rings. The maximum atomic E-state index is 6.38. The first-order valence-electron chi connectivity index (χ1n) is 12.6. The van der Waals surface area contributed by atoms with Gasteiger partial charge in [0.15, 0.2) is 0 Å². The van der Waals surface area contributed by atoms with E-state index in [2.05, 4.69) is 129 Å². The van der Waals surface area contributed by atoms with Crippen molar-refractivity contribution in [1.29, 1.82) is 0 Å². The van der Waals surface area contributed by atoms with Gasteiger partial charge in [-0.05, 0) is 79.0 Å². The molecule has 1 saturated heterocycles. The molecule has 0 saturated carbocycles. The average molecular weight is 469 g/mol. The van der Waals surface area contributed by atoms with Gasteiger partial charge >= 0.3 is 7.12 Å². The highest BCUT2D eigenvalue weighted by molar-refractivity contribution is 6.62. The summed E-state index contributed by atoms with van der Waals surface area (Å²) in [6.45, 7) is 8.39. The number of nitrogens with zero attached hydrogens (tertiary/aromatic N) is 1.